The quantitative estimate of drug-likeness (QED) is 0.889. The van der Waals surface area contributed by atoms with Crippen molar-refractivity contribution in [1.82, 2.24) is 0 Å². The van der Waals surface area contributed by atoms with E-state index < -0.39 is 5.82 Å². The lowest BCUT2D eigenvalue weighted by Crippen LogP contribution is -2.01. The minimum Gasteiger partial charge on any atom is -0.381 e. The van der Waals surface area contributed by atoms with Crippen molar-refractivity contribution in [3.8, 4) is 6.07 Å². The van der Waals surface area contributed by atoms with Gasteiger partial charge >= 0.3 is 0 Å². The van der Waals surface area contributed by atoms with Gasteiger partial charge in [0.1, 0.15) is 5.82 Å². The molecule has 0 atom stereocenters. The van der Waals surface area contributed by atoms with E-state index in [1.807, 2.05) is 37.3 Å². The Balaban J connectivity index is 2.14. The Morgan fingerprint density at radius 1 is 1.22 bits per heavy atom. The van der Waals surface area contributed by atoms with Crippen molar-refractivity contribution >= 4 is 5.69 Å². The molecule has 0 aromatic heterocycles. The van der Waals surface area contributed by atoms with E-state index in [4.69, 9.17) is 5.26 Å². The van der Waals surface area contributed by atoms with Gasteiger partial charge in [-0.2, -0.15) is 5.26 Å². The number of nitrogens with one attached hydrogen (secondary N) is 1. The molecule has 1 N–H and O–H groups in total. The molecule has 0 aliphatic carbocycles. The van der Waals surface area contributed by atoms with E-state index in [-0.39, 0.29) is 0 Å². The molecule has 2 aromatic rings. The summed E-state index contributed by atoms with van der Waals surface area (Å²) in [5.41, 5.74) is 3.28. The average molecular weight is 240 g/mol. The fraction of sp³-hybridized carbons (Fsp3) is 0.133. The van der Waals surface area contributed by atoms with Crippen LogP contribution < -0.4 is 5.32 Å². The van der Waals surface area contributed by atoms with Gasteiger partial charge in [-0.05, 0) is 36.2 Å². The highest BCUT2D eigenvalue weighted by atomic mass is 19.1. The summed E-state index contributed by atoms with van der Waals surface area (Å²) in [5.74, 6) is -0.402. The molecule has 0 radical (unpaired) electrons. The van der Waals surface area contributed by atoms with Gasteiger partial charge in [-0.15, -0.1) is 0 Å². The molecule has 2 rings (SSSR count). The highest BCUT2D eigenvalue weighted by Crippen LogP contribution is 2.15. The van der Waals surface area contributed by atoms with Crippen LogP contribution in [0.5, 0.6) is 0 Å². The first kappa shape index (κ1) is 12.1. The minimum absolute atomic E-state index is 0.322. The molecular formula is C15H13FN2. The first-order chi connectivity index (χ1) is 8.69. The highest BCUT2D eigenvalue weighted by Gasteiger charge is 2.01. The summed E-state index contributed by atoms with van der Waals surface area (Å²) < 4.78 is 13.2. The normalized spacial score (nSPS) is 9.83. The van der Waals surface area contributed by atoms with Gasteiger partial charge < -0.3 is 5.32 Å². The van der Waals surface area contributed by atoms with Gasteiger partial charge in [-0.1, -0.05) is 24.3 Å². The molecular weight excluding hydrogens is 227 g/mol. The number of halogens is 1. The molecule has 0 spiro atoms. The number of hydrogen-bond donors (Lipinski definition) is 1. The van der Waals surface area contributed by atoms with Crippen molar-refractivity contribution in [3.05, 3.63) is 65.0 Å². The Hall–Kier alpha value is -2.34. The van der Waals surface area contributed by atoms with Crippen molar-refractivity contribution < 1.29 is 4.39 Å². The molecule has 2 nitrogen and oxygen atoms in total. The van der Waals surface area contributed by atoms with Crippen LogP contribution in [0.1, 0.15) is 16.7 Å². The fourth-order valence-corrected chi connectivity index (χ4v) is 1.76. The zero-order chi connectivity index (χ0) is 13.0. The zero-order valence-corrected chi connectivity index (χ0v) is 10.1. The molecule has 0 bridgehead atoms. The van der Waals surface area contributed by atoms with Gasteiger partial charge in [0.2, 0.25) is 0 Å². The Bertz CT molecular complexity index is 600. The van der Waals surface area contributed by atoms with E-state index in [1.165, 1.54) is 17.7 Å². The van der Waals surface area contributed by atoms with Crippen LogP contribution >= 0.6 is 0 Å². The van der Waals surface area contributed by atoms with Gasteiger partial charge in [0.05, 0.1) is 11.6 Å². The molecule has 3 heteroatoms. The monoisotopic (exact) mass is 240 g/mol. The summed E-state index contributed by atoms with van der Waals surface area (Å²) >= 11 is 0. The predicted octanol–water partition coefficient (Wildman–Crippen LogP) is 3.62. The Labute approximate surface area is 106 Å². The maximum atomic E-state index is 13.2. The number of nitriles is 1. The number of anilines is 1. The third-order valence-corrected chi connectivity index (χ3v) is 2.77. The minimum atomic E-state index is -0.402. The van der Waals surface area contributed by atoms with E-state index in [9.17, 15) is 4.39 Å². The molecule has 0 aliphatic heterocycles. The summed E-state index contributed by atoms with van der Waals surface area (Å²) in [6.07, 6.45) is 0. The largest absolute Gasteiger partial charge is 0.381 e. The molecule has 0 amide bonds. The molecule has 90 valence electrons. The second-order valence-electron chi connectivity index (χ2n) is 4.12. The maximum Gasteiger partial charge on any atom is 0.126 e. The molecule has 18 heavy (non-hydrogen) atoms. The van der Waals surface area contributed by atoms with Gasteiger partial charge in [0, 0.05) is 12.2 Å². The lowest BCUT2D eigenvalue weighted by Gasteiger charge is -2.09. The van der Waals surface area contributed by atoms with Crippen LogP contribution in [0.15, 0.2) is 42.5 Å². The van der Waals surface area contributed by atoms with Gasteiger partial charge in [-0.3, -0.25) is 0 Å². The van der Waals surface area contributed by atoms with Crippen LogP contribution in [-0.4, -0.2) is 0 Å². The van der Waals surface area contributed by atoms with Crippen LogP contribution in [-0.2, 0) is 6.54 Å². The van der Waals surface area contributed by atoms with Crippen molar-refractivity contribution in [2.45, 2.75) is 13.5 Å². The molecule has 0 saturated heterocycles. The summed E-state index contributed by atoms with van der Waals surface area (Å²) in [4.78, 5) is 0. The lowest BCUT2D eigenvalue weighted by atomic mass is 10.1. The van der Waals surface area contributed by atoms with E-state index in [0.717, 1.165) is 5.56 Å². The summed E-state index contributed by atoms with van der Waals surface area (Å²) in [7, 11) is 0. The second kappa shape index (κ2) is 5.33. The smallest absolute Gasteiger partial charge is 0.126 e. The number of rotatable bonds is 3. The van der Waals surface area contributed by atoms with Crippen LogP contribution in [0.4, 0.5) is 10.1 Å². The second-order valence-corrected chi connectivity index (χ2v) is 4.12. The van der Waals surface area contributed by atoms with Crippen molar-refractivity contribution in [2.75, 3.05) is 5.32 Å². The highest BCUT2D eigenvalue weighted by molar-refractivity contribution is 5.50. The molecule has 0 saturated carbocycles. The summed E-state index contributed by atoms with van der Waals surface area (Å²) in [5, 5.41) is 11.9. The van der Waals surface area contributed by atoms with E-state index in [1.54, 1.807) is 6.07 Å². The molecule has 0 fully saturated rings. The van der Waals surface area contributed by atoms with Gasteiger partial charge in [0.15, 0.2) is 0 Å². The SMILES string of the molecule is Cc1ccccc1CNc1cc(F)cc(C#N)c1. The Kier molecular flexibility index (Phi) is 3.59. The average Bonchev–Trinajstić information content (AvgIpc) is 2.37. The lowest BCUT2D eigenvalue weighted by molar-refractivity contribution is 0.627. The number of benzene rings is 2. The van der Waals surface area contributed by atoms with E-state index in [2.05, 4.69) is 5.32 Å². The number of hydrogen-bond acceptors (Lipinski definition) is 2. The summed E-state index contributed by atoms with van der Waals surface area (Å²) in [6.45, 7) is 2.64. The summed E-state index contributed by atoms with van der Waals surface area (Å²) in [6, 6.07) is 14.2. The third-order valence-electron chi connectivity index (χ3n) is 2.77. The Morgan fingerprint density at radius 2 is 2.00 bits per heavy atom. The van der Waals surface area contributed by atoms with Crippen LogP contribution in [0.3, 0.4) is 0 Å². The maximum absolute atomic E-state index is 13.2. The molecule has 2 aromatic carbocycles. The number of nitrogens with zero attached hydrogens (tertiary/aromatic N) is 1. The van der Waals surface area contributed by atoms with Crippen LogP contribution in [0.25, 0.3) is 0 Å². The van der Waals surface area contributed by atoms with Gasteiger partial charge in [-0.25, -0.2) is 4.39 Å². The predicted molar refractivity (Wildman–Crippen MR) is 69.6 cm³/mol. The first-order valence-corrected chi connectivity index (χ1v) is 5.68. The molecule has 0 heterocycles. The topological polar surface area (TPSA) is 35.8 Å². The first-order valence-electron chi connectivity index (χ1n) is 5.68. The number of aryl methyl sites for hydroxylation is 1. The molecule has 0 unspecified atom stereocenters. The van der Waals surface area contributed by atoms with Crippen LogP contribution in [0, 0.1) is 24.1 Å². The Morgan fingerprint density at radius 3 is 2.72 bits per heavy atom. The van der Waals surface area contributed by atoms with Crippen molar-refractivity contribution in [1.29, 1.82) is 5.26 Å². The van der Waals surface area contributed by atoms with E-state index >= 15 is 0 Å². The van der Waals surface area contributed by atoms with Crippen molar-refractivity contribution in [2.24, 2.45) is 0 Å². The fourth-order valence-electron chi connectivity index (χ4n) is 1.76. The standard InChI is InChI=1S/C15H13FN2/c1-11-4-2-3-5-13(11)10-18-15-7-12(9-17)6-14(16)8-15/h2-8,18H,10H2,1H3. The zero-order valence-electron chi connectivity index (χ0n) is 10.1. The van der Waals surface area contributed by atoms with Crippen molar-refractivity contribution in [3.63, 3.8) is 0 Å². The third kappa shape index (κ3) is 2.86. The van der Waals surface area contributed by atoms with Crippen LogP contribution in [0.2, 0.25) is 0 Å². The molecule has 0 aliphatic rings. The van der Waals surface area contributed by atoms with Gasteiger partial charge in [0.25, 0.3) is 0 Å². The van der Waals surface area contributed by atoms with E-state index in [0.29, 0.717) is 17.8 Å².